The highest BCUT2D eigenvalue weighted by Crippen LogP contribution is 2.27. The van der Waals surface area contributed by atoms with Crippen LogP contribution >= 0.6 is 0 Å². The number of benzene rings is 3. The Morgan fingerprint density at radius 2 is 1.58 bits per heavy atom. The largest absolute Gasteiger partial charge is 0.497 e. The minimum absolute atomic E-state index is 0.133. The molecule has 1 fully saturated rings. The molecule has 0 saturated carbocycles. The van der Waals surface area contributed by atoms with Gasteiger partial charge in [0.05, 0.1) is 12.0 Å². The van der Waals surface area contributed by atoms with E-state index >= 15 is 0 Å². The zero-order valence-corrected chi connectivity index (χ0v) is 26.2. The van der Waals surface area contributed by atoms with Gasteiger partial charge >= 0.3 is 0 Å². The maximum Gasteiger partial charge on any atom is 0.247 e. The number of hydrogen-bond donors (Lipinski definition) is 1. The van der Waals surface area contributed by atoms with Crippen molar-refractivity contribution < 1.29 is 22.7 Å². The molecular weight excluding hydrogens is 588 g/mol. The van der Waals surface area contributed by atoms with Crippen molar-refractivity contribution in [3.05, 3.63) is 126 Å². The second-order valence-electron chi connectivity index (χ2n) is 11.0. The first-order valence-corrected chi connectivity index (χ1v) is 16.5. The molecule has 45 heavy (non-hydrogen) atoms. The summed E-state index contributed by atoms with van der Waals surface area (Å²) >= 11 is 0. The van der Waals surface area contributed by atoms with Gasteiger partial charge in [-0.05, 0) is 71.8 Å². The van der Waals surface area contributed by atoms with E-state index in [2.05, 4.69) is 10.3 Å². The molecule has 0 bridgehead atoms. The number of nitrogens with one attached hydrogen (secondary N) is 1. The zero-order valence-electron chi connectivity index (χ0n) is 25.3. The molecule has 10 heteroatoms. The van der Waals surface area contributed by atoms with Crippen LogP contribution in [0.2, 0.25) is 0 Å². The van der Waals surface area contributed by atoms with Gasteiger partial charge in [0.25, 0.3) is 0 Å². The standard InChI is InChI=1S/C35H38N4O5S/c1-44-31-16-11-28(12-17-31)26-39(34(30-9-3-2-4-10-30)35(41)37-25-29-8-7-21-36-24-29)33(40)20-15-27-13-18-32(19-14-27)45(42,43)38-22-5-6-23-38/h2-4,7-14,16-19,21,24,34H,5-6,15,20,22-23,25-26H2,1H3,(H,37,41). The van der Waals surface area contributed by atoms with E-state index in [-0.39, 0.29) is 36.2 Å². The van der Waals surface area contributed by atoms with Crippen molar-refractivity contribution in [1.29, 1.82) is 0 Å². The second kappa shape index (κ2) is 15.0. The van der Waals surface area contributed by atoms with Crippen LogP contribution in [-0.2, 0) is 39.1 Å². The number of methoxy groups -OCH3 is 1. The van der Waals surface area contributed by atoms with E-state index in [9.17, 15) is 18.0 Å². The van der Waals surface area contributed by atoms with Crippen LogP contribution in [0.5, 0.6) is 5.75 Å². The number of sulfonamides is 1. The van der Waals surface area contributed by atoms with Crippen molar-refractivity contribution in [2.24, 2.45) is 0 Å². The molecule has 0 spiro atoms. The Balaban J connectivity index is 1.38. The topological polar surface area (TPSA) is 109 Å². The Labute approximate surface area is 264 Å². The Kier molecular flexibility index (Phi) is 10.6. The van der Waals surface area contributed by atoms with Gasteiger partial charge in [0, 0.05) is 45.0 Å². The molecule has 234 valence electrons. The predicted octanol–water partition coefficient (Wildman–Crippen LogP) is 4.89. The van der Waals surface area contributed by atoms with Crippen LogP contribution in [0.4, 0.5) is 0 Å². The van der Waals surface area contributed by atoms with Gasteiger partial charge < -0.3 is 15.0 Å². The molecule has 1 aliphatic rings. The fourth-order valence-corrected chi connectivity index (χ4v) is 6.97. The average molecular weight is 627 g/mol. The van der Waals surface area contributed by atoms with E-state index in [0.29, 0.717) is 30.8 Å². The van der Waals surface area contributed by atoms with Gasteiger partial charge in [-0.25, -0.2) is 8.42 Å². The van der Waals surface area contributed by atoms with Gasteiger partial charge in [-0.1, -0.05) is 60.7 Å². The highest BCUT2D eigenvalue weighted by Gasteiger charge is 2.32. The summed E-state index contributed by atoms with van der Waals surface area (Å²) < 4.78 is 32.7. The molecule has 2 heterocycles. The summed E-state index contributed by atoms with van der Waals surface area (Å²) in [6, 6.07) is 26.3. The number of nitrogens with zero attached hydrogens (tertiary/aromatic N) is 3. The first kappa shape index (κ1) is 31.9. The van der Waals surface area contributed by atoms with E-state index in [0.717, 1.165) is 29.5 Å². The van der Waals surface area contributed by atoms with Crippen molar-refractivity contribution in [2.45, 2.75) is 49.7 Å². The maximum atomic E-state index is 14.0. The van der Waals surface area contributed by atoms with Crippen LogP contribution in [0.25, 0.3) is 0 Å². The van der Waals surface area contributed by atoms with E-state index in [4.69, 9.17) is 4.74 Å². The third kappa shape index (κ3) is 8.14. The molecule has 1 saturated heterocycles. The number of carbonyl (C=O) groups excluding carboxylic acids is 2. The first-order valence-electron chi connectivity index (χ1n) is 15.1. The normalized spacial score (nSPS) is 14.1. The minimum Gasteiger partial charge on any atom is -0.497 e. The minimum atomic E-state index is -3.52. The smallest absolute Gasteiger partial charge is 0.247 e. The van der Waals surface area contributed by atoms with Gasteiger partial charge in [0.15, 0.2) is 0 Å². The fourth-order valence-electron chi connectivity index (χ4n) is 5.45. The van der Waals surface area contributed by atoms with Gasteiger partial charge in [-0.2, -0.15) is 4.31 Å². The molecule has 3 aromatic carbocycles. The lowest BCUT2D eigenvalue weighted by atomic mass is 10.0. The summed E-state index contributed by atoms with van der Waals surface area (Å²) in [5.41, 5.74) is 3.23. The van der Waals surface area contributed by atoms with E-state index in [1.807, 2.05) is 66.7 Å². The summed E-state index contributed by atoms with van der Waals surface area (Å²) in [6.45, 7) is 1.56. The highest BCUT2D eigenvalue weighted by atomic mass is 32.2. The molecule has 0 radical (unpaired) electrons. The number of pyridine rings is 1. The molecule has 1 N–H and O–H groups in total. The SMILES string of the molecule is COc1ccc(CN(C(=O)CCc2ccc(S(=O)(=O)N3CCCC3)cc2)C(C(=O)NCc2cccnc2)c2ccccc2)cc1. The molecule has 1 atom stereocenters. The third-order valence-corrected chi connectivity index (χ3v) is 9.86. The van der Waals surface area contributed by atoms with Crippen molar-refractivity contribution in [3.63, 3.8) is 0 Å². The zero-order chi connectivity index (χ0) is 31.6. The number of ether oxygens (including phenoxy) is 1. The van der Waals surface area contributed by atoms with Crippen LogP contribution < -0.4 is 10.1 Å². The first-order chi connectivity index (χ1) is 21.8. The number of amides is 2. The monoisotopic (exact) mass is 626 g/mol. The molecule has 1 unspecified atom stereocenters. The van der Waals surface area contributed by atoms with Gasteiger partial charge in [0.2, 0.25) is 21.8 Å². The number of carbonyl (C=O) groups is 2. The third-order valence-electron chi connectivity index (χ3n) is 7.95. The lowest BCUT2D eigenvalue weighted by Crippen LogP contribution is -2.43. The number of hydrogen-bond acceptors (Lipinski definition) is 6. The van der Waals surface area contributed by atoms with Crippen molar-refractivity contribution >= 4 is 21.8 Å². The number of aromatic nitrogens is 1. The highest BCUT2D eigenvalue weighted by molar-refractivity contribution is 7.89. The molecule has 1 aliphatic heterocycles. The molecule has 1 aromatic heterocycles. The maximum absolute atomic E-state index is 14.0. The van der Waals surface area contributed by atoms with Gasteiger partial charge in [-0.15, -0.1) is 0 Å². The van der Waals surface area contributed by atoms with E-state index < -0.39 is 16.1 Å². The van der Waals surface area contributed by atoms with Gasteiger partial charge in [0.1, 0.15) is 11.8 Å². The summed E-state index contributed by atoms with van der Waals surface area (Å²) in [5, 5.41) is 3.00. The molecule has 0 aliphatic carbocycles. The Hall–Kier alpha value is -4.54. The van der Waals surface area contributed by atoms with Crippen LogP contribution in [-0.4, -0.2) is 54.6 Å². The lowest BCUT2D eigenvalue weighted by molar-refractivity contribution is -0.141. The number of aryl methyl sites for hydroxylation is 1. The summed E-state index contributed by atoms with van der Waals surface area (Å²) in [6.07, 6.45) is 5.64. The van der Waals surface area contributed by atoms with Crippen LogP contribution in [0.15, 0.2) is 108 Å². The molecular formula is C35H38N4O5S. The van der Waals surface area contributed by atoms with Crippen molar-refractivity contribution in [3.8, 4) is 5.75 Å². The summed E-state index contributed by atoms with van der Waals surface area (Å²) in [7, 11) is -1.92. The van der Waals surface area contributed by atoms with Crippen molar-refractivity contribution in [1.82, 2.24) is 19.5 Å². The Morgan fingerprint density at radius 3 is 2.22 bits per heavy atom. The summed E-state index contributed by atoms with van der Waals surface area (Å²) in [5.74, 6) is 0.189. The van der Waals surface area contributed by atoms with E-state index in [1.165, 1.54) is 4.31 Å². The Bertz CT molecular complexity index is 1660. The Morgan fingerprint density at radius 1 is 0.889 bits per heavy atom. The predicted molar refractivity (Wildman–Crippen MR) is 172 cm³/mol. The fraction of sp³-hybridized carbons (Fsp3) is 0.286. The van der Waals surface area contributed by atoms with Crippen LogP contribution in [0, 0.1) is 0 Å². The lowest BCUT2D eigenvalue weighted by Gasteiger charge is -2.32. The number of rotatable bonds is 13. The molecule has 5 rings (SSSR count). The van der Waals surface area contributed by atoms with Crippen LogP contribution in [0.1, 0.15) is 47.6 Å². The molecule has 2 amide bonds. The molecule has 4 aromatic rings. The van der Waals surface area contributed by atoms with E-state index in [1.54, 1.807) is 48.7 Å². The summed E-state index contributed by atoms with van der Waals surface area (Å²) in [4.78, 5) is 33.9. The average Bonchev–Trinajstić information content (AvgIpc) is 3.64. The van der Waals surface area contributed by atoms with Gasteiger partial charge in [-0.3, -0.25) is 14.6 Å². The van der Waals surface area contributed by atoms with Crippen LogP contribution in [0.3, 0.4) is 0 Å². The quantitative estimate of drug-likeness (QED) is 0.226. The van der Waals surface area contributed by atoms with Crippen molar-refractivity contribution in [2.75, 3.05) is 20.2 Å². The second-order valence-corrected chi connectivity index (χ2v) is 13.0. The molecule has 9 nitrogen and oxygen atoms in total.